The molecule has 0 aromatic heterocycles. The van der Waals surface area contributed by atoms with Crippen molar-refractivity contribution in [3.8, 4) is 22.6 Å². The van der Waals surface area contributed by atoms with Gasteiger partial charge in [-0.2, -0.15) is 0 Å². The van der Waals surface area contributed by atoms with Gasteiger partial charge in [0.05, 0.1) is 0 Å². The third-order valence-electron chi connectivity index (χ3n) is 3.34. The van der Waals surface area contributed by atoms with E-state index in [-0.39, 0.29) is 0 Å². The molecule has 0 radical (unpaired) electrons. The predicted octanol–water partition coefficient (Wildman–Crippen LogP) is 5.05. The van der Waals surface area contributed by atoms with E-state index in [0.717, 1.165) is 29.0 Å². The van der Waals surface area contributed by atoms with Crippen LogP contribution in [0, 0.1) is 0 Å². The number of hydrogen-bond acceptors (Lipinski definition) is 2. The summed E-state index contributed by atoms with van der Waals surface area (Å²) < 4.78 is 11.3. The summed E-state index contributed by atoms with van der Waals surface area (Å²) in [5.41, 5.74) is 3.49. The second kappa shape index (κ2) is 8.08. The maximum absolute atomic E-state index is 5.77. The van der Waals surface area contributed by atoms with Gasteiger partial charge in [0.15, 0.2) is 0 Å². The van der Waals surface area contributed by atoms with Crippen molar-refractivity contribution < 1.29 is 9.47 Å². The summed E-state index contributed by atoms with van der Waals surface area (Å²) in [7, 11) is 0. The number of aryl methyl sites for hydroxylation is 1. The molecule has 2 aromatic carbocycles. The van der Waals surface area contributed by atoms with Crippen molar-refractivity contribution in [2.75, 3.05) is 13.2 Å². The monoisotopic (exact) mass is 294 g/mol. The average molecular weight is 294 g/mol. The lowest BCUT2D eigenvalue weighted by molar-refractivity contribution is 0.362. The van der Waals surface area contributed by atoms with E-state index in [1.54, 1.807) is 12.2 Å². The first kappa shape index (κ1) is 15.9. The van der Waals surface area contributed by atoms with Crippen LogP contribution in [-0.4, -0.2) is 13.2 Å². The molecular formula is C20H22O2. The van der Waals surface area contributed by atoms with E-state index >= 15 is 0 Å². The first-order valence-electron chi connectivity index (χ1n) is 7.49. The fourth-order valence-electron chi connectivity index (χ4n) is 2.18. The molecule has 2 aromatic rings. The molecule has 0 N–H and O–H groups in total. The molecule has 0 fully saturated rings. The fraction of sp³-hybridized carbons (Fsp3) is 0.200. The van der Waals surface area contributed by atoms with Crippen molar-refractivity contribution in [2.24, 2.45) is 0 Å². The molecule has 0 aliphatic heterocycles. The highest BCUT2D eigenvalue weighted by Crippen LogP contribution is 2.32. The molecule has 0 saturated carbocycles. The molecule has 2 nitrogen and oxygen atoms in total. The highest BCUT2D eigenvalue weighted by Gasteiger charge is 2.08. The molecule has 0 heterocycles. The van der Waals surface area contributed by atoms with Crippen LogP contribution in [-0.2, 0) is 6.42 Å². The van der Waals surface area contributed by atoms with E-state index in [1.807, 2.05) is 30.3 Å². The molecule has 0 atom stereocenters. The molecule has 0 saturated heterocycles. The van der Waals surface area contributed by atoms with Crippen LogP contribution in [0.5, 0.6) is 11.5 Å². The quantitative estimate of drug-likeness (QED) is 0.635. The second-order valence-electron chi connectivity index (χ2n) is 4.91. The van der Waals surface area contributed by atoms with Crippen molar-refractivity contribution >= 4 is 0 Å². The Hall–Kier alpha value is -2.48. The zero-order valence-corrected chi connectivity index (χ0v) is 13.0. The van der Waals surface area contributed by atoms with Crippen molar-refractivity contribution in [3.05, 3.63) is 73.3 Å². The van der Waals surface area contributed by atoms with Gasteiger partial charge >= 0.3 is 0 Å². The number of ether oxygens (including phenoxy) is 2. The van der Waals surface area contributed by atoms with Gasteiger partial charge in [-0.25, -0.2) is 0 Å². The highest BCUT2D eigenvalue weighted by molar-refractivity contribution is 5.71. The van der Waals surface area contributed by atoms with E-state index in [2.05, 4.69) is 32.2 Å². The van der Waals surface area contributed by atoms with E-state index in [0.29, 0.717) is 13.2 Å². The van der Waals surface area contributed by atoms with Crippen molar-refractivity contribution in [3.63, 3.8) is 0 Å². The predicted molar refractivity (Wildman–Crippen MR) is 92.6 cm³/mol. The number of benzene rings is 2. The van der Waals surface area contributed by atoms with Gasteiger partial charge in [-0.1, -0.05) is 50.4 Å². The smallest absolute Gasteiger partial charge is 0.127 e. The van der Waals surface area contributed by atoms with Crippen LogP contribution >= 0.6 is 0 Å². The van der Waals surface area contributed by atoms with E-state index in [1.165, 1.54) is 5.56 Å². The Morgan fingerprint density at radius 1 is 0.909 bits per heavy atom. The number of rotatable bonds is 8. The molecular weight excluding hydrogens is 272 g/mol. The summed E-state index contributed by atoms with van der Waals surface area (Å²) in [6, 6.07) is 14.3. The van der Waals surface area contributed by atoms with Gasteiger partial charge in [-0.3, -0.25) is 0 Å². The summed E-state index contributed by atoms with van der Waals surface area (Å²) in [5.74, 6) is 1.71. The van der Waals surface area contributed by atoms with Crippen molar-refractivity contribution in [1.82, 2.24) is 0 Å². The standard InChI is InChI=1S/C20H22O2/c1-4-13-21-18-10-8-17(9-11-18)19-15-16(6-3)7-12-20(19)22-14-5-2/h4-5,7-12,15H,1-2,6,13-14H2,3H3. The Morgan fingerprint density at radius 2 is 1.59 bits per heavy atom. The van der Waals surface area contributed by atoms with Crippen LogP contribution < -0.4 is 9.47 Å². The van der Waals surface area contributed by atoms with Crippen LogP contribution in [0.3, 0.4) is 0 Å². The largest absolute Gasteiger partial charge is 0.490 e. The van der Waals surface area contributed by atoms with E-state index in [9.17, 15) is 0 Å². The minimum atomic E-state index is 0.499. The van der Waals surface area contributed by atoms with Crippen LogP contribution in [0.15, 0.2) is 67.8 Å². The normalized spacial score (nSPS) is 10.0. The minimum absolute atomic E-state index is 0.499. The molecule has 0 unspecified atom stereocenters. The Balaban J connectivity index is 2.31. The van der Waals surface area contributed by atoms with Crippen LogP contribution in [0.25, 0.3) is 11.1 Å². The van der Waals surface area contributed by atoms with Crippen LogP contribution in [0.1, 0.15) is 12.5 Å². The summed E-state index contributed by atoms with van der Waals surface area (Å²) in [6.45, 7) is 10.5. The zero-order chi connectivity index (χ0) is 15.8. The van der Waals surface area contributed by atoms with Crippen molar-refractivity contribution in [1.29, 1.82) is 0 Å². The molecule has 2 heteroatoms. The average Bonchev–Trinajstić information content (AvgIpc) is 2.58. The SMILES string of the molecule is C=CCOc1ccc(-c2cc(CC)ccc2OCC=C)cc1. The lowest BCUT2D eigenvalue weighted by Gasteiger charge is -2.13. The number of hydrogen-bond donors (Lipinski definition) is 0. The minimum Gasteiger partial charge on any atom is -0.490 e. The fourth-order valence-corrected chi connectivity index (χ4v) is 2.18. The molecule has 0 spiro atoms. The highest BCUT2D eigenvalue weighted by atomic mass is 16.5. The van der Waals surface area contributed by atoms with Gasteiger partial charge in [0.2, 0.25) is 0 Å². The van der Waals surface area contributed by atoms with Crippen LogP contribution in [0.4, 0.5) is 0 Å². The summed E-state index contributed by atoms with van der Waals surface area (Å²) in [6.07, 6.45) is 4.48. The van der Waals surface area contributed by atoms with E-state index in [4.69, 9.17) is 9.47 Å². The Morgan fingerprint density at radius 3 is 2.23 bits per heavy atom. The molecule has 22 heavy (non-hydrogen) atoms. The Bertz CT molecular complexity index is 627. The lowest BCUT2D eigenvalue weighted by atomic mass is 10.0. The van der Waals surface area contributed by atoms with Gasteiger partial charge < -0.3 is 9.47 Å². The van der Waals surface area contributed by atoms with Gasteiger partial charge in [-0.05, 0) is 41.8 Å². The third kappa shape index (κ3) is 4.01. The molecule has 0 bridgehead atoms. The first-order valence-corrected chi connectivity index (χ1v) is 7.49. The molecule has 0 aliphatic rings. The molecule has 0 aliphatic carbocycles. The van der Waals surface area contributed by atoms with Crippen molar-refractivity contribution in [2.45, 2.75) is 13.3 Å². The molecule has 114 valence electrons. The third-order valence-corrected chi connectivity index (χ3v) is 3.34. The van der Waals surface area contributed by atoms with Crippen LogP contribution in [0.2, 0.25) is 0 Å². The second-order valence-corrected chi connectivity index (χ2v) is 4.91. The summed E-state index contributed by atoms with van der Waals surface area (Å²) in [5, 5.41) is 0. The van der Waals surface area contributed by atoms with E-state index < -0.39 is 0 Å². The zero-order valence-electron chi connectivity index (χ0n) is 13.0. The lowest BCUT2D eigenvalue weighted by Crippen LogP contribution is -1.96. The summed E-state index contributed by atoms with van der Waals surface area (Å²) in [4.78, 5) is 0. The Kier molecular flexibility index (Phi) is 5.84. The van der Waals surface area contributed by atoms with Gasteiger partial charge in [-0.15, -0.1) is 0 Å². The van der Waals surface area contributed by atoms with Gasteiger partial charge in [0.25, 0.3) is 0 Å². The molecule has 2 rings (SSSR count). The molecule has 0 amide bonds. The maximum Gasteiger partial charge on any atom is 0.127 e. The topological polar surface area (TPSA) is 18.5 Å². The maximum atomic E-state index is 5.77. The Labute approximate surface area is 132 Å². The first-order chi connectivity index (χ1) is 10.8. The summed E-state index contributed by atoms with van der Waals surface area (Å²) >= 11 is 0. The van der Waals surface area contributed by atoms with Gasteiger partial charge in [0, 0.05) is 5.56 Å². The van der Waals surface area contributed by atoms with Gasteiger partial charge in [0.1, 0.15) is 24.7 Å².